The molecule has 1 N–H and O–H groups in total. The molecular weight excluding hydrogens is 274 g/mol. The largest absolute Gasteiger partial charge is 0.381 e. The van der Waals surface area contributed by atoms with Crippen LogP contribution in [-0.2, 0) is 0 Å². The van der Waals surface area contributed by atoms with Crippen LogP contribution in [0.25, 0.3) is 0 Å². The molecular formula is C16H16F2N2O. The van der Waals surface area contributed by atoms with Gasteiger partial charge in [0.25, 0.3) is 5.91 Å². The van der Waals surface area contributed by atoms with Gasteiger partial charge in [-0.3, -0.25) is 4.79 Å². The van der Waals surface area contributed by atoms with Crippen molar-refractivity contribution in [2.75, 3.05) is 23.8 Å². The predicted molar refractivity (Wildman–Crippen MR) is 79.7 cm³/mol. The molecule has 2 rings (SSSR count). The number of nitrogens with zero attached hydrogens (tertiary/aromatic N) is 1. The van der Waals surface area contributed by atoms with E-state index < -0.39 is 17.5 Å². The summed E-state index contributed by atoms with van der Waals surface area (Å²) in [5, 5.41) is 2.60. The smallest absolute Gasteiger partial charge is 0.258 e. The van der Waals surface area contributed by atoms with Crippen molar-refractivity contribution >= 4 is 17.3 Å². The van der Waals surface area contributed by atoms with Crippen molar-refractivity contribution in [2.45, 2.75) is 6.92 Å². The number of hydrogen-bond acceptors (Lipinski definition) is 2. The van der Waals surface area contributed by atoms with Gasteiger partial charge in [0.1, 0.15) is 17.3 Å². The van der Waals surface area contributed by atoms with Gasteiger partial charge in [-0.1, -0.05) is 18.2 Å². The number of nitrogens with one attached hydrogen (secondary N) is 1. The third-order valence-electron chi connectivity index (χ3n) is 3.09. The van der Waals surface area contributed by atoms with Crippen LogP contribution < -0.4 is 10.2 Å². The summed E-state index contributed by atoms with van der Waals surface area (Å²) in [4.78, 5) is 13.6. The molecule has 0 saturated heterocycles. The molecule has 0 aromatic heterocycles. The summed E-state index contributed by atoms with van der Waals surface area (Å²) in [5.41, 5.74) is 0.411. The third kappa shape index (κ3) is 3.18. The van der Waals surface area contributed by atoms with E-state index in [1.807, 2.05) is 6.07 Å². The van der Waals surface area contributed by atoms with Crippen molar-refractivity contribution < 1.29 is 13.6 Å². The maximum Gasteiger partial charge on any atom is 0.258 e. The van der Waals surface area contributed by atoms with Gasteiger partial charge in [-0.15, -0.1) is 0 Å². The first kappa shape index (κ1) is 15.0. The summed E-state index contributed by atoms with van der Waals surface area (Å²) in [7, 11) is 1.56. The minimum Gasteiger partial charge on any atom is -0.381 e. The second-order valence-electron chi connectivity index (χ2n) is 4.54. The zero-order valence-corrected chi connectivity index (χ0v) is 11.9. The maximum absolute atomic E-state index is 13.9. The maximum atomic E-state index is 13.9. The van der Waals surface area contributed by atoms with E-state index in [0.29, 0.717) is 12.2 Å². The van der Waals surface area contributed by atoms with Crippen LogP contribution in [0.2, 0.25) is 0 Å². The fourth-order valence-corrected chi connectivity index (χ4v) is 2.00. The topological polar surface area (TPSA) is 32.3 Å². The number of para-hydroxylation sites is 1. The molecule has 5 heteroatoms. The van der Waals surface area contributed by atoms with Gasteiger partial charge in [0.15, 0.2) is 0 Å². The average molecular weight is 290 g/mol. The number of carbonyl (C=O) groups excluding carboxylic acids is 1. The van der Waals surface area contributed by atoms with Gasteiger partial charge in [0, 0.05) is 24.8 Å². The van der Waals surface area contributed by atoms with Crippen molar-refractivity contribution in [3.05, 3.63) is 59.7 Å². The Bertz CT molecular complexity index is 621. The van der Waals surface area contributed by atoms with E-state index in [1.54, 1.807) is 38.2 Å². The van der Waals surface area contributed by atoms with Crippen LogP contribution in [0.4, 0.5) is 20.2 Å². The first-order chi connectivity index (χ1) is 10.0. The Balaban J connectivity index is 2.32. The van der Waals surface area contributed by atoms with Crippen molar-refractivity contribution in [1.82, 2.24) is 0 Å². The molecule has 0 aliphatic carbocycles. The highest BCUT2D eigenvalue weighted by molar-refractivity contribution is 6.05. The minimum absolute atomic E-state index is 0.0296. The monoisotopic (exact) mass is 290 g/mol. The molecule has 0 aliphatic heterocycles. The molecule has 1 amide bonds. The zero-order valence-electron chi connectivity index (χ0n) is 11.9. The van der Waals surface area contributed by atoms with Gasteiger partial charge >= 0.3 is 0 Å². The Morgan fingerprint density at radius 1 is 1.14 bits per heavy atom. The number of halogens is 2. The van der Waals surface area contributed by atoms with Gasteiger partial charge in [-0.2, -0.15) is 0 Å². The Kier molecular flexibility index (Phi) is 4.52. The fraction of sp³-hybridized carbons (Fsp3) is 0.188. The lowest BCUT2D eigenvalue weighted by molar-refractivity contribution is 0.0992. The summed E-state index contributed by atoms with van der Waals surface area (Å²) in [5.74, 6) is -2.02. The van der Waals surface area contributed by atoms with E-state index in [0.717, 1.165) is 12.1 Å². The third-order valence-corrected chi connectivity index (χ3v) is 3.09. The molecule has 2 aromatic rings. The molecule has 0 atom stereocenters. The number of hydrogen-bond donors (Lipinski definition) is 1. The van der Waals surface area contributed by atoms with Crippen LogP contribution in [0.15, 0.2) is 42.5 Å². The lowest BCUT2D eigenvalue weighted by Crippen LogP contribution is -2.26. The Hall–Kier alpha value is -2.43. The number of rotatable bonds is 4. The molecule has 0 saturated carbocycles. The van der Waals surface area contributed by atoms with Gasteiger partial charge in [0.2, 0.25) is 0 Å². The highest BCUT2D eigenvalue weighted by Gasteiger charge is 2.18. The van der Waals surface area contributed by atoms with Gasteiger partial charge < -0.3 is 10.2 Å². The Labute approximate surface area is 122 Å². The molecule has 0 heterocycles. The Morgan fingerprint density at radius 3 is 2.24 bits per heavy atom. The average Bonchev–Trinajstić information content (AvgIpc) is 2.50. The standard InChI is InChI=1S/C16H16F2N2O/c1-3-19-15-13(17)9-11(10-14(15)18)16(21)20(2)12-7-5-4-6-8-12/h4-10,19H,3H2,1-2H3. The lowest BCUT2D eigenvalue weighted by Gasteiger charge is -2.18. The molecule has 2 aromatic carbocycles. The van der Waals surface area contributed by atoms with Crippen molar-refractivity contribution in [1.29, 1.82) is 0 Å². The van der Waals surface area contributed by atoms with E-state index in [2.05, 4.69) is 5.32 Å². The molecule has 0 fully saturated rings. The molecule has 3 nitrogen and oxygen atoms in total. The fourth-order valence-electron chi connectivity index (χ4n) is 2.00. The summed E-state index contributed by atoms with van der Waals surface area (Å²) in [6.45, 7) is 2.13. The van der Waals surface area contributed by atoms with Crippen molar-refractivity contribution in [3.63, 3.8) is 0 Å². The number of carbonyl (C=O) groups is 1. The van der Waals surface area contributed by atoms with Crippen molar-refractivity contribution in [2.24, 2.45) is 0 Å². The molecule has 0 spiro atoms. The van der Waals surface area contributed by atoms with E-state index in [4.69, 9.17) is 0 Å². The summed E-state index contributed by atoms with van der Waals surface area (Å²) >= 11 is 0. The highest BCUT2D eigenvalue weighted by atomic mass is 19.1. The number of anilines is 2. The van der Waals surface area contributed by atoms with Crippen molar-refractivity contribution in [3.8, 4) is 0 Å². The molecule has 21 heavy (non-hydrogen) atoms. The summed E-state index contributed by atoms with van der Waals surface area (Å²) in [6, 6.07) is 11.0. The van der Waals surface area contributed by atoms with Crippen LogP contribution in [-0.4, -0.2) is 19.5 Å². The van der Waals surface area contributed by atoms with E-state index in [1.165, 1.54) is 4.90 Å². The lowest BCUT2D eigenvalue weighted by atomic mass is 10.1. The van der Waals surface area contributed by atoms with Crippen LogP contribution in [0.5, 0.6) is 0 Å². The van der Waals surface area contributed by atoms with Gasteiger partial charge in [0.05, 0.1) is 0 Å². The van der Waals surface area contributed by atoms with Gasteiger partial charge in [-0.05, 0) is 31.2 Å². The zero-order chi connectivity index (χ0) is 15.4. The SMILES string of the molecule is CCNc1c(F)cc(C(=O)N(C)c2ccccc2)cc1F. The van der Waals surface area contributed by atoms with Gasteiger partial charge in [-0.25, -0.2) is 8.78 Å². The van der Waals surface area contributed by atoms with E-state index >= 15 is 0 Å². The first-order valence-electron chi connectivity index (χ1n) is 6.60. The predicted octanol–water partition coefficient (Wildman–Crippen LogP) is 3.67. The second-order valence-corrected chi connectivity index (χ2v) is 4.54. The van der Waals surface area contributed by atoms with Crippen LogP contribution in [0.1, 0.15) is 17.3 Å². The second kappa shape index (κ2) is 6.35. The summed E-state index contributed by atoms with van der Waals surface area (Å²) in [6.07, 6.45) is 0. The van der Waals surface area contributed by atoms with Crippen LogP contribution in [0.3, 0.4) is 0 Å². The quantitative estimate of drug-likeness (QED) is 0.931. The highest BCUT2D eigenvalue weighted by Crippen LogP contribution is 2.22. The normalized spacial score (nSPS) is 10.3. The van der Waals surface area contributed by atoms with E-state index in [9.17, 15) is 13.6 Å². The number of amides is 1. The molecule has 0 aliphatic rings. The molecule has 0 bridgehead atoms. The van der Waals surface area contributed by atoms with E-state index in [-0.39, 0.29) is 11.3 Å². The molecule has 0 radical (unpaired) electrons. The molecule has 110 valence electrons. The number of benzene rings is 2. The minimum atomic E-state index is -0.776. The molecule has 0 unspecified atom stereocenters. The summed E-state index contributed by atoms with van der Waals surface area (Å²) < 4.78 is 27.7. The van der Waals surface area contributed by atoms with Crippen LogP contribution in [0, 0.1) is 11.6 Å². The van der Waals surface area contributed by atoms with Crippen LogP contribution >= 0.6 is 0 Å². The first-order valence-corrected chi connectivity index (χ1v) is 6.60. The Morgan fingerprint density at radius 2 is 1.71 bits per heavy atom.